The molecule has 1 aromatic rings. The predicted octanol–water partition coefficient (Wildman–Crippen LogP) is 3.65. The van der Waals surface area contributed by atoms with Crippen molar-refractivity contribution in [2.24, 2.45) is 22.9 Å². The average molecular weight is 321 g/mol. The lowest BCUT2D eigenvalue weighted by Crippen LogP contribution is -2.28. The van der Waals surface area contributed by atoms with Crippen molar-refractivity contribution in [2.75, 3.05) is 6.61 Å². The first-order chi connectivity index (χ1) is 10.6. The number of amides is 1. The molecule has 3 rings (SSSR count). The molecule has 2 bridgehead atoms. The van der Waals surface area contributed by atoms with Gasteiger partial charge in [-0.2, -0.15) is 5.10 Å². The van der Waals surface area contributed by atoms with Gasteiger partial charge in [-0.25, -0.2) is 5.43 Å². The van der Waals surface area contributed by atoms with Crippen LogP contribution in [0.3, 0.4) is 0 Å². The molecule has 118 valence electrons. The van der Waals surface area contributed by atoms with E-state index in [0.29, 0.717) is 16.7 Å². The van der Waals surface area contributed by atoms with Gasteiger partial charge < -0.3 is 4.74 Å². The van der Waals surface area contributed by atoms with Crippen LogP contribution < -0.4 is 10.2 Å². The summed E-state index contributed by atoms with van der Waals surface area (Å²) in [4.78, 5) is 11.8. The predicted molar refractivity (Wildman–Crippen MR) is 87.1 cm³/mol. The van der Waals surface area contributed by atoms with Crippen LogP contribution >= 0.6 is 11.6 Å². The van der Waals surface area contributed by atoms with E-state index in [9.17, 15) is 4.79 Å². The second-order valence-electron chi connectivity index (χ2n) is 6.31. The summed E-state index contributed by atoms with van der Waals surface area (Å²) < 4.78 is 5.39. The molecule has 0 spiro atoms. The Balaban J connectivity index is 1.45. The first kappa shape index (κ1) is 15.3. The molecule has 2 fully saturated rings. The normalized spacial score (nSPS) is 27.0. The number of halogens is 1. The zero-order chi connectivity index (χ0) is 15.5. The molecule has 2 aliphatic carbocycles. The molecule has 0 heterocycles. The van der Waals surface area contributed by atoms with Crippen molar-refractivity contribution in [3.63, 3.8) is 0 Å². The van der Waals surface area contributed by atoms with E-state index < -0.39 is 0 Å². The van der Waals surface area contributed by atoms with Gasteiger partial charge in [0.1, 0.15) is 5.75 Å². The van der Waals surface area contributed by atoms with Crippen molar-refractivity contribution in [3.05, 3.63) is 29.3 Å². The van der Waals surface area contributed by atoms with Gasteiger partial charge in [0.15, 0.2) is 6.61 Å². The number of carbonyl (C=O) groups excluding carboxylic acids is 1. The van der Waals surface area contributed by atoms with E-state index in [4.69, 9.17) is 16.3 Å². The second-order valence-corrected chi connectivity index (χ2v) is 6.75. The van der Waals surface area contributed by atoms with Crippen molar-refractivity contribution < 1.29 is 9.53 Å². The summed E-state index contributed by atoms with van der Waals surface area (Å²) in [6.45, 7) is 1.97. The highest BCUT2D eigenvalue weighted by molar-refractivity contribution is 6.30. The van der Waals surface area contributed by atoms with Gasteiger partial charge >= 0.3 is 0 Å². The third-order valence-corrected chi connectivity index (χ3v) is 5.07. The van der Waals surface area contributed by atoms with Gasteiger partial charge in [0.25, 0.3) is 5.91 Å². The Morgan fingerprint density at radius 3 is 2.73 bits per heavy atom. The fraction of sp³-hybridized carbons (Fsp3) is 0.529. The second kappa shape index (κ2) is 6.69. The van der Waals surface area contributed by atoms with Gasteiger partial charge in [-0.15, -0.1) is 0 Å². The van der Waals surface area contributed by atoms with Crippen molar-refractivity contribution in [1.29, 1.82) is 0 Å². The van der Waals surface area contributed by atoms with Gasteiger partial charge in [-0.1, -0.05) is 18.0 Å². The molecule has 22 heavy (non-hydrogen) atoms. The number of nitrogens with one attached hydrogen (secondary N) is 1. The molecule has 3 unspecified atom stereocenters. The lowest BCUT2D eigenvalue weighted by Gasteiger charge is -2.21. The molecule has 2 saturated carbocycles. The van der Waals surface area contributed by atoms with E-state index in [0.717, 1.165) is 17.5 Å². The molecule has 3 atom stereocenters. The number of ether oxygens (including phenoxy) is 1. The third kappa shape index (κ3) is 3.61. The van der Waals surface area contributed by atoms with E-state index in [-0.39, 0.29) is 12.5 Å². The minimum atomic E-state index is -0.238. The largest absolute Gasteiger partial charge is 0.484 e. The van der Waals surface area contributed by atoms with E-state index in [1.807, 2.05) is 6.92 Å². The summed E-state index contributed by atoms with van der Waals surface area (Å²) in [5, 5.41) is 4.91. The van der Waals surface area contributed by atoms with Gasteiger partial charge in [0.05, 0.1) is 0 Å². The van der Waals surface area contributed by atoms with Gasteiger partial charge in [-0.3, -0.25) is 4.79 Å². The Kier molecular flexibility index (Phi) is 4.67. The fourth-order valence-electron chi connectivity index (χ4n) is 3.70. The molecule has 0 saturated heterocycles. The highest BCUT2D eigenvalue weighted by Gasteiger charge is 2.40. The minimum absolute atomic E-state index is 0.0465. The molecular weight excluding hydrogens is 300 g/mol. The summed E-state index contributed by atoms with van der Waals surface area (Å²) in [6.07, 6.45) is 5.26. The number of hydrazone groups is 1. The zero-order valence-corrected chi connectivity index (χ0v) is 13.5. The molecular formula is C17H21ClN2O2. The molecule has 4 nitrogen and oxygen atoms in total. The highest BCUT2D eigenvalue weighted by atomic mass is 35.5. The number of hydrogen-bond donors (Lipinski definition) is 1. The summed E-state index contributed by atoms with van der Waals surface area (Å²) in [5.41, 5.74) is 3.65. The zero-order valence-electron chi connectivity index (χ0n) is 12.7. The van der Waals surface area contributed by atoms with Gasteiger partial charge in [0.2, 0.25) is 0 Å². The fourth-order valence-corrected chi connectivity index (χ4v) is 3.83. The van der Waals surface area contributed by atoms with Crippen LogP contribution in [0.15, 0.2) is 29.4 Å². The van der Waals surface area contributed by atoms with Gasteiger partial charge in [-0.05, 0) is 62.3 Å². The van der Waals surface area contributed by atoms with Crippen molar-refractivity contribution in [2.45, 2.75) is 32.6 Å². The number of carbonyl (C=O) groups is 1. The number of rotatable bonds is 5. The van der Waals surface area contributed by atoms with E-state index >= 15 is 0 Å². The maximum atomic E-state index is 11.8. The van der Waals surface area contributed by atoms with E-state index in [1.165, 1.54) is 25.7 Å². The summed E-state index contributed by atoms with van der Waals surface area (Å²) in [6, 6.07) is 6.93. The van der Waals surface area contributed by atoms with E-state index in [1.54, 1.807) is 24.3 Å². The molecule has 0 aromatic heterocycles. The van der Waals surface area contributed by atoms with Crippen LogP contribution in [0.2, 0.25) is 5.02 Å². The monoisotopic (exact) mass is 320 g/mol. The topological polar surface area (TPSA) is 50.7 Å². The standard InChI is InChI=1S/C17H21ClN2O2/c1-11(16-9-12-2-3-13(16)8-12)19-20-17(21)10-22-15-6-4-14(18)5-7-15/h4-7,12-13,16H,2-3,8-10H2,1H3,(H,20,21). The molecule has 2 aliphatic rings. The highest BCUT2D eigenvalue weighted by Crippen LogP contribution is 2.48. The Morgan fingerprint density at radius 2 is 2.09 bits per heavy atom. The lowest BCUT2D eigenvalue weighted by molar-refractivity contribution is -0.123. The number of benzene rings is 1. The summed E-state index contributed by atoms with van der Waals surface area (Å²) >= 11 is 5.80. The Bertz CT molecular complexity index is 571. The third-order valence-electron chi connectivity index (χ3n) is 4.82. The number of fused-ring (bicyclic) bond motifs is 2. The summed E-state index contributed by atoms with van der Waals surface area (Å²) in [7, 11) is 0. The maximum Gasteiger partial charge on any atom is 0.277 e. The van der Waals surface area contributed by atoms with Crippen LogP contribution in [-0.4, -0.2) is 18.2 Å². The minimum Gasteiger partial charge on any atom is -0.484 e. The Hall–Kier alpha value is -1.55. The van der Waals surface area contributed by atoms with Crippen molar-refractivity contribution >= 4 is 23.2 Å². The first-order valence-electron chi connectivity index (χ1n) is 7.83. The van der Waals surface area contributed by atoms with Crippen LogP contribution in [0.5, 0.6) is 5.75 Å². The number of hydrogen-bond acceptors (Lipinski definition) is 3. The maximum absolute atomic E-state index is 11.8. The van der Waals surface area contributed by atoms with Crippen LogP contribution in [0.1, 0.15) is 32.6 Å². The quantitative estimate of drug-likeness (QED) is 0.665. The van der Waals surface area contributed by atoms with Gasteiger partial charge in [0, 0.05) is 16.7 Å². The lowest BCUT2D eigenvalue weighted by atomic mass is 9.86. The SMILES string of the molecule is CC(=NNC(=O)COc1ccc(Cl)cc1)C1CC2CCC1C2. The Labute approximate surface area is 135 Å². The Morgan fingerprint density at radius 1 is 1.32 bits per heavy atom. The number of nitrogens with zero attached hydrogens (tertiary/aromatic N) is 1. The van der Waals surface area contributed by atoms with Crippen LogP contribution in [-0.2, 0) is 4.79 Å². The van der Waals surface area contributed by atoms with Crippen LogP contribution in [0.25, 0.3) is 0 Å². The smallest absolute Gasteiger partial charge is 0.277 e. The van der Waals surface area contributed by atoms with Crippen molar-refractivity contribution in [1.82, 2.24) is 5.43 Å². The summed E-state index contributed by atoms with van der Waals surface area (Å²) in [5.74, 6) is 2.59. The first-order valence-corrected chi connectivity index (χ1v) is 8.21. The molecule has 1 aromatic carbocycles. The molecule has 1 N–H and O–H groups in total. The molecule has 1 amide bonds. The van der Waals surface area contributed by atoms with E-state index in [2.05, 4.69) is 10.5 Å². The van der Waals surface area contributed by atoms with Crippen LogP contribution in [0, 0.1) is 17.8 Å². The van der Waals surface area contributed by atoms with Crippen LogP contribution in [0.4, 0.5) is 0 Å². The molecule has 0 radical (unpaired) electrons. The van der Waals surface area contributed by atoms with Crippen molar-refractivity contribution in [3.8, 4) is 5.75 Å². The average Bonchev–Trinajstić information content (AvgIpc) is 3.15. The molecule has 0 aliphatic heterocycles. The molecule has 5 heteroatoms.